The van der Waals surface area contributed by atoms with E-state index in [1.165, 1.54) is 49.2 Å². The van der Waals surface area contributed by atoms with Gasteiger partial charge in [0.2, 0.25) is 0 Å². The second kappa shape index (κ2) is 6.59. The first-order valence-electron chi connectivity index (χ1n) is 8.14. The van der Waals surface area contributed by atoms with E-state index in [4.69, 9.17) is 0 Å². The number of hydrogen-bond acceptors (Lipinski definition) is 3. The molecule has 2 bridgehead atoms. The molecule has 1 aromatic heterocycles. The van der Waals surface area contributed by atoms with Crippen molar-refractivity contribution < 1.29 is 0 Å². The van der Waals surface area contributed by atoms with Crippen LogP contribution in [-0.2, 0) is 6.54 Å². The molecule has 3 unspecified atom stereocenters. The lowest BCUT2D eigenvalue weighted by molar-refractivity contribution is 0.220. The molecule has 0 aromatic carbocycles. The summed E-state index contributed by atoms with van der Waals surface area (Å²) < 4.78 is 0. The highest BCUT2D eigenvalue weighted by Gasteiger charge is 2.39. The normalized spacial score (nSPS) is 28.6. The van der Waals surface area contributed by atoms with Crippen molar-refractivity contribution in [3.63, 3.8) is 0 Å². The maximum absolute atomic E-state index is 3.59. The van der Waals surface area contributed by atoms with Crippen molar-refractivity contribution >= 4 is 11.3 Å². The van der Waals surface area contributed by atoms with Crippen molar-refractivity contribution in [2.45, 2.75) is 39.2 Å². The van der Waals surface area contributed by atoms with Crippen LogP contribution < -0.4 is 5.32 Å². The first-order chi connectivity index (χ1) is 9.72. The number of rotatable bonds is 7. The predicted molar refractivity (Wildman–Crippen MR) is 87.2 cm³/mol. The molecule has 3 atom stereocenters. The van der Waals surface area contributed by atoms with Crippen LogP contribution >= 0.6 is 11.3 Å². The molecule has 0 radical (unpaired) electrons. The van der Waals surface area contributed by atoms with E-state index in [0.717, 1.165) is 30.8 Å². The summed E-state index contributed by atoms with van der Waals surface area (Å²) in [7, 11) is 2.30. The Kier molecular flexibility index (Phi) is 4.79. The summed E-state index contributed by atoms with van der Waals surface area (Å²) in [5.41, 5.74) is 1.43. The molecule has 20 heavy (non-hydrogen) atoms. The Bertz CT molecular complexity index is 428. The zero-order valence-corrected chi connectivity index (χ0v) is 13.7. The summed E-state index contributed by atoms with van der Waals surface area (Å²) >= 11 is 1.87. The molecule has 3 heteroatoms. The molecular weight excluding hydrogens is 264 g/mol. The van der Waals surface area contributed by atoms with Gasteiger partial charge in [0, 0.05) is 31.1 Å². The van der Waals surface area contributed by atoms with Crippen LogP contribution in [0, 0.1) is 24.7 Å². The Labute approximate surface area is 127 Å². The Balaban J connectivity index is 1.31. The van der Waals surface area contributed by atoms with Gasteiger partial charge in [0.25, 0.3) is 0 Å². The average molecular weight is 292 g/mol. The number of thiophene rings is 1. The molecule has 2 fully saturated rings. The number of likely N-dealkylation sites (N-methyl/N-ethyl adjacent to an activating group) is 1. The predicted octanol–water partition coefficient (Wildman–Crippen LogP) is 3.51. The van der Waals surface area contributed by atoms with Crippen LogP contribution in [0.4, 0.5) is 0 Å². The van der Waals surface area contributed by atoms with Crippen LogP contribution in [0.5, 0.6) is 0 Å². The Morgan fingerprint density at radius 3 is 2.90 bits per heavy atom. The second-order valence-electron chi connectivity index (χ2n) is 6.90. The SMILES string of the molecule is Cc1ccsc1CNCCN(C)CC1CC2CCC1C2. The molecule has 1 aromatic rings. The molecule has 1 N–H and O–H groups in total. The number of nitrogens with zero attached hydrogens (tertiary/aromatic N) is 1. The van der Waals surface area contributed by atoms with Gasteiger partial charge in [-0.1, -0.05) is 6.42 Å². The molecule has 2 aliphatic carbocycles. The third-order valence-electron chi connectivity index (χ3n) is 5.35. The van der Waals surface area contributed by atoms with Gasteiger partial charge in [-0.15, -0.1) is 11.3 Å². The largest absolute Gasteiger partial charge is 0.311 e. The van der Waals surface area contributed by atoms with Crippen LogP contribution in [0.1, 0.15) is 36.1 Å². The minimum absolute atomic E-state index is 0.998. The lowest BCUT2D eigenvalue weighted by Gasteiger charge is -2.27. The monoisotopic (exact) mass is 292 g/mol. The molecule has 2 aliphatic rings. The van der Waals surface area contributed by atoms with Gasteiger partial charge in [-0.05, 0) is 68.0 Å². The lowest BCUT2D eigenvalue weighted by Crippen LogP contribution is -2.34. The highest BCUT2D eigenvalue weighted by molar-refractivity contribution is 7.10. The standard InChI is InChI=1S/C17H28N2S/c1-13-5-8-20-17(13)11-18-6-7-19(2)12-16-10-14-3-4-15(16)9-14/h5,8,14-16,18H,3-4,6-7,9-12H2,1-2H3. The highest BCUT2D eigenvalue weighted by Crippen LogP contribution is 2.48. The third kappa shape index (κ3) is 3.44. The third-order valence-corrected chi connectivity index (χ3v) is 6.38. The van der Waals surface area contributed by atoms with Gasteiger partial charge in [0.1, 0.15) is 0 Å². The molecule has 0 spiro atoms. The van der Waals surface area contributed by atoms with Crippen molar-refractivity contribution in [3.8, 4) is 0 Å². The van der Waals surface area contributed by atoms with Gasteiger partial charge in [-0.3, -0.25) is 0 Å². The molecule has 3 rings (SSSR count). The Morgan fingerprint density at radius 1 is 1.35 bits per heavy atom. The van der Waals surface area contributed by atoms with E-state index >= 15 is 0 Å². The van der Waals surface area contributed by atoms with E-state index in [1.807, 2.05) is 11.3 Å². The van der Waals surface area contributed by atoms with Gasteiger partial charge < -0.3 is 10.2 Å². The first kappa shape index (κ1) is 14.6. The van der Waals surface area contributed by atoms with Crippen LogP contribution in [0.2, 0.25) is 0 Å². The summed E-state index contributed by atoms with van der Waals surface area (Å²) in [6, 6.07) is 2.21. The van der Waals surface area contributed by atoms with Crippen molar-refractivity contribution in [2.24, 2.45) is 17.8 Å². The summed E-state index contributed by atoms with van der Waals surface area (Å²) in [5, 5.41) is 5.78. The molecule has 1 heterocycles. The first-order valence-corrected chi connectivity index (χ1v) is 9.02. The fraction of sp³-hybridized carbons (Fsp3) is 0.765. The molecule has 112 valence electrons. The lowest BCUT2D eigenvalue weighted by atomic mass is 9.88. The molecule has 2 saturated carbocycles. The maximum Gasteiger partial charge on any atom is 0.0302 e. The van der Waals surface area contributed by atoms with Crippen molar-refractivity contribution in [1.82, 2.24) is 10.2 Å². The van der Waals surface area contributed by atoms with Crippen LogP contribution in [-0.4, -0.2) is 31.6 Å². The fourth-order valence-electron chi connectivity index (χ4n) is 4.15. The quantitative estimate of drug-likeness (QED) is 0.774. The maximum atomic E-state index is 3.59. The van der Waals surface area contributed by atoms with Crippen molar-refractivity contribution in [3.05, 3.63) is 21.9 Å². The molecule has 0 aliphatic heterocycles. The van der Waals surface area contributed by atoms with E-state index in [2.05, 4.69) is 35.6 Å². The van der Waals surface area contributed by atoms with E-state index in [-0.39, 0.29) is 0 Å². The summed E-state index contributed by atoms with van der Waals surface area (Å²) in [6.45, 7) is 6.84. The smallest absolute Gasteiger partial charge is 0.0302 e. The van der Waals surface area contributed by atoms with Crippen molar-refractivity contribution in [2.75, 3.05) is 26.7 Å². The van der Waals surface area contributed by atoms with E-state index in [9.17, 15) is 0 Å². The van der Waals surface area contributed by atoms with Gasteiger partial charge in [-0.2, -0.15) is 0 Å². The molecule has 0 amide bonds. The highest BCUT2D eigenvalue weighted by atomic mass is 32.1. The summed E-state index contributed by atoms with van der Waals surface area (Å²) in [6.07, 6.45) is 6.08. The van der Waals surface area contributed by atoms with E-state index in [0.29, 0.717) is 0 Å². The van der Waals surface area contributed by atoms with Crippen LogP contribution in [0.3, 0.4) is 0 Å². The summed E-state index contributed by atoms with van der Waals surface area (Å²) in [4.78, 5) is 4.03. The van der Waals surface area contributed by atoms with Gasteiger partial charge in [-0.25, -0.2) is 0 Å². The van der Waals surface area contributed by atoms with Crippen molar-refractivity contribution in [1.29, 1.82) is 0 Å². The molecular formula is C17H28N2S. The summed E-state index contributed by atoms with van der Waals surface area (Å²) in [5.74, 6) is 3.14. The average Bonchev–Trinajstić information content (AvgIpc) is 3.12. The number of hydrogen-bond donors (Lipinski definition) is 1. The van der Waals surface area contributed by atoms with E-state index in [1.54, 1.807) is 0 Å². The zero-order chi connectivity index (χ0) is 13.9. The fourth-order valence-corrected chi connectivity index (χ4v) is 5.02. The molecule has 0 saturated heterocycles. The van der Waals surface area contributed by atoms with Gasteiger partial charge >= 0.3 is 0 Å². The number of aryl methyl sites for hydroxylation is 1. The topological polar surface area (TPSA) is 15.3 Å². The Hall–Kier alpha value is -0.380. The minimum atomic E-state index is 0.998. The Morgan fingerprint density at radius 2 is 2.25 bits per heavy atom. The van der Waals surface area contributed by atoms with Gasteiger partial charge in [0.15, 0.2) is 0 Å². The second-order valence-corrected chi connectivity index (χ2v) is 7.90. The number of nitrogens with one attached hydrogen (secondary N) is 1. The van der Waals surface area contributed by atoms with Crippen LogP contribution in [0.15, 0.2) is 11.4 Å². The van der Waals surface area contributed by atoms with E-state index < -0.39 is 0 Å². The van der Waals surface area contributed by atoms with Gasteiger partial charge in [0.05, 0.1) is 0 Å². The molecule has 2 nitrogen and oxygen atoms in total. The minimum Gasteiger partial charge on any atom is -0.311 e. The number of fused-ring (bicyclic) bond motifs is 2. The zero-order valence-electron chi connectivity index (χ0n) is 12.9. The van der Waals surface area contributed by atoms with Crippen LogP contribution in [0.25, 0.3) is 0 Å².